The average Bonchev–Trinajstić information content (AvgIpc) is 2.58. The Kier molecular flexibility index (Phi) is 4.60. The molecule has 0 aromatic heterocycles. The van der Waals surface area contributed by atoms with Gasteiger partial charge in [-0.2, -0.15) is 4.31 Å². The summed E-state index contributed by atoms with van der Waals surface area (Å²) in [6, 6.07) is 4.07. The van der Waals surface area contributed by atoms with Crippen LogP contribution in [0, 0.1) is 12.3 Å². The van der Waals surface area contributed by atoms with Crippen molar-refractivity contribution >= 4 is 21.8 Å². The van der Waals surface area contributed by atoms with Gasteiger partial charge in [-0.15, -0.1) is 6.42 Å². The van der Waals surface area contributed by atoms with Gasteiger partial charge in [0.15, 0.2) is 0 Å². The zero-order valence-corrected chi connectivity index (χ0v) is 14.4. The summed E-state index contributed by atoms with van der Waals surface area (Å²) in [6.45, 7) is 0.465. The molecule has 4 rings (SSSR count). The Morgan fingerprint density at radius 3 is 2.64 bits per heavy atom. The number of benzene rings is 1. The summed E-state index contributed by atoms with van der Waals surface area (Å²) < 4.78 is 37.7. The van der Waals surface area contributed by atoms with Crippen molar-refractivity contribution in [2.24, 2.45) is 0 Å². The van der Waals surface area contributed by atoms with Crippen molar-refractivity contribution in [2.75, 3.05) is 31.6 Å². The van der Waals surface area contributed by atoms with Crippen molar-refractivity contribution in [1.29, 1.82) is 0 Å². The number of sulfonamides is 1. The monoisotopic (exact) mass is 366 g/mol. The van der Waals surface area contributed by atoms with Crippen molar-refractivity contribution in [2.45, 2.75) is 23.5 Å². The number of amides is 1. The van der Waals surface area contributed by atoms with Crippen LogP contribution in [0.25, 0.3) is 0 Å². The summed E-state index contributed by atoms with van der Waals surface area (Å²) in [6.07, 6.45) is 4.74. The Morgan fingerprint density at radius 1 is 1.48 bits per heavy atom. The lowest BCUT2D eigenvalue weighted by molar-refractivity contribution is -0.164. The number of nitrogens with zero attached hydrogens (tertiary/aromatic N) is 2. The Morgan fingerprint density at radius 2 is 2.12 bits per heavy atom. The van der Waals surface area contributed by atoms with Crippen LogP contribution in [0.4, 0.5) is 10.5 Å². The fourth-order valence-electron chi connectivity index (χ4n) is 3.05. The van der Waals surface area contributed by atoms with Crippen LogP contribution in [0.2, 0.25) is 0 Å². The Balaban J connectivity index is 1.93. The van der Waals surface area contributed by atoms with Crippen LogP contribution < -0.4 is 9.64 Å². The first kappa shape index (κ1) is 17.5. The molecule has 3 fully saturated rings. The number of hydrogen-bond acceptors (Lipinski definition) is 5. The van der Waals surface area contributed by atoms with Crippen molar-refractivity contribution in [3.8, 4) is 18.1 Å². The van der Waals surface area contributed by atoms with Gasteiger partial charge in [0.2, 0.25) is 10.0 Å². The molecule has 2 unspecified atom stereocenters. The lowest BCUT2D eigenvalue weighted by atomic mass is 10.0. The zero-order chi connectivity index (χ0) is 18.2. The molecule has 134 valence electrons. The highest BCUT2D eigenvalue weighted by Crippen LogP contribution is 2.35. The summed E-state index contributed by atoms with van der Waals surface area (Å²) in [4.78, 5) is 12.3. The van der Waals surface area contributed by atoms with E-state index < -0.39 is 16.1 Å². The molecule has 0 spiro atoms. The van der Waals surface area contributed by atoms with Crippen LogP contribution in [0.3, 0.4) is 0 Å². The molecule has 3 aliphatic heterocycles. The molecule has 2 atom stereocenters. The predicted molar refractivity (Wildman–Crippen MR) is 89.2 cm³/mol. The van der Waals surface area contributed by atoms with Crippen LogP contribution in [-0.2, 0) is 14.8 Å². The van der Waals surface area contributed by atoms with Crippen LogP contribution in [0.5, 0.6) is 5.75 Å². The number of morpholine rings is 1. The van der Waals surface area contributed by atoms with Crippen LogP contribution >= 0.6 is 0 Å². The Labute approximate surface area is 146 Å². The highest BCUT2D eigenvalue weighted by molar-refractivity contribution is 7.89. The molecular formula is C16H18N2O6S. The van der Waals surface area contributed by atoms with Gasteiger partial charge < -0.3 is 14.6 Å². The molecule has 2 bridgehead atoms. The predicted octanol–water partition coefficient (Wildman–Crippen LogP) is 0.975. The van der Waals surface area contributed by atoms with E-state index in [0.29, 0.717) is 13.1 Å². The highest BCUT2D eigenvalue weighted by Gasteiger charge is 2.43. The first-order valence-electron chi connectivity index (χ1n) is 7.64. The van der Waals surface area contributed by atoms with E-state index in [-0.39, 0.29) is 35.1 Å². The van der Waals surface area contributed by atoms with E-state index in [9.17, 15) is 18.3 Å². The first-order chi connectivity index (χ1) is 11.9. The van der Waals surface area contributed by atoms with Crippen LogP contribution in [0.1, 0.15) is 6.42 Å². The van der Waals surface area contributed by atoms with E-state index in [1.54, 1.807) is 0 Å². The maximum absolute atomic E-state index is 12.8. The molecule has 0 aliphatic carbocycles. The molecule has 1 aromatic carbocycles. The van der Waals surface area contributed by atoms with E-state index in [0.717, 1.165) is 11.3 Å². The topological polar surface area (TPSA) is 96.4 Å². The molecule has 0 saturated carbocycles. The number of hydrogen-bond donors (Lipinski definition) is 1. The van der Waals surface area contributed by atoms with Gasteiger partial charge in [-0.1, -0.05) is 5.92 Å². The molecule has 3 aliphatic rings. The number of ether oxygens (including phenoxy) is 2. The molecule has 3 heterocycles. The fraction of sp³-hybridized carbons (Fsp3) is 0.438. The van der Waals surface area contributed by atoms with Crippen molar-refractivity contribution in [3.05, 3.63) is 18.2 Å². The first-order valence-corrected chi connectivity index (χ1v) is 9.08. The van der Waals surface area contributed by atoms with E-state index in [1.807, 2.05) is 0 Å². The number of carboxylic acid groups (broad SMARTS) is 1. The zero-order valence-electron chi connectivity index (χ0n) is 13.6. The molecule has 25 heavy (non-hydrogen) atoms. The minimum Gasteiger partial charge on any atom is -0.495 e. The van der Waals surface area contributed by atoms with E-state index in [2.05, 4.69) is 5.92 Å². The Hall–Kier alpha value is -2.28. The lowest BCUT2D eigenvalue weighted by Gasteiger charge is -2.46. The van der Waals surface area contributed by atoms with E-state index in [1.165, 1.54) is 29.6 Å². The van der Waals surface area contributed by atoms with Crippen LogP contribution in [0.15, 0.2) is 23.1 Å². The van der Waals surface area contributed by atoms with Gasteiger partial charge in [0.05, 0.1) is 36.4 Å². The summed E-state index contributed by atoms with van der Waals surface area (Å²) in [5, 5.41) is 9.28. The molecule has 1 amide bonds. The number of anilines is 1. The SMILES string of the molecule is C#CCN(C(=O)O)c1ccc(S(=O)(=O)N2CC3CC(C2)O3)cc1OC. The highest BCUT2D eigenvalue weighted by atomic mass is 32.2. The minimum absolute atomic E-state index is 0.0421. The summed E-state index contributed by atoms with van der Waals surface area (Å²) in [5.41, 5.74) is 0.191. The van der Waals surface area contributed by atoms with Gasteiger partial charge in [-0.3, -0.25) is 4.90 Å². The molecule has 3 saturated heterocycles. The maximum atomic E-state index is 12.8. The molecule has 1 N–H and O–H groups in total. The van der Waals surface area contributed by atoms with Crippen molar-refractivity contribution in [3.63, 3.8) is 0 Å². The third-order valence-electron chi connectivity index (χ3n) is 4.29. The number of piperidine rings is 1. The second-order valence-corrected chi connectivity index (χ2v) is 7.78. The second-order valence-electron chi connectivity index (χ2n) is 5.84. The molecular weight excluding hydrogens is 348 g/mol. The van der Waals surface area contributed by atoms with E-state index in [4.69, 9.17) is 15.9 Å². The fourth-order valence-corrected chi connectivity index (χ4v) is 4.57. The van der Waals surface area contributed by atoms with Crippen molar-refractivity contribution < 1.29 is 27.8 Å². The van der Waals surface area contributed by atoms with Gasteiger partial charge in [0, 0.05) is 25.6 Å². The lowest BCUT2D eigenvalue weighted by Crippen LogP contribution is -2.58. The maximum Gasteiger partial charge on any atom is 0.412 e. The number of carbonyl (C=O) groups is 1. The molecule has 9 heteroatoms. The van der Waals surface area contributed by atoms with E-state index >= 15 is 0 Å². The van der Waals surface area contributed by atoms with Gasteiger partial charge in [-0.25, -0.2) is 13.2 Å². The number of fused-ring (bicyclic) bond motifs is 2. The molecule has 1 aromatic rings. The second kappa shape index (κ2) is 6.55. The summed E-state index contributed by atoms with van der Waals surface area (Å²) >= 11 is 0. The largest absolute Gasteiger partial charge is 0.495 e. The van der Waals surface area contributed by atoms with Crippen molar-refractivity contribution in [1.82, 2.24) is 4.31 Å². The molecule has 8 nitrogen and oxygen atoms in total. The summed E-state index contributed by atoms with van der Waals surface area (Å²) in [5.74, 6) is 2.38. The third-order valence-corrected chi connectivity index (χ3v) is 6.11. The van der Waals surface area contributed by atoms with Gasteiger partial charge in [0.1, 0.15) is 5.75 Å². The third kappa shape index (κ3) is 3.16. The normalized spacial score (nSPS) is 22.6. The van der Waals surface area contributed by atoms with Gasteiger partial charge >= 0.3 is 6.09 Å². The molecule has 0 radical (unpaired) electrons. The number of terminal acetylenes is 1. The number of rotatable bonds is 5. The smallest absolute Gasteiger partial charge is 0.412 e. The summed E-state index contributed by atoms with van der Waals surface area (Å²) in [7, 11) is -2.36. The average molecular weight is 366 g/mol. The van der Waals surface area contributed by atoms with Gasteiger partial charge in [0.25, 0.3) is 0 Å². The van der Waals surface area contributed by atoms with Crippen LogP contribution in [-0.4, -0.2) is 62.9 Å². The number of methoxy groups -OCH3 is 1. The Bertz CT molecular complexity index is 816. The standard InChI is InChI=1S/C16H18N2O6S/c1-3-6-18(16(19)20)14-5-4-13(8-15(14)23-2)25(21,22)17-9-11-7-12(10-17)24-11/h1,4-5,8,11-12H,6-7,9-10H2,2H3,(H,19,20). The quantitative estimate of drug-likeness (QED) is 0.780. The minimum atomic E-state index is -3.71. The van der Waals surface area contributed by atoms with Gasteiger partial charge in [-0.05, 0) is 12.1 Å².